The summed E-state index contributed by atoms with van der Waals surface area (Å²) in [6, 6.07) is 6.48. The SMILES string of the molecule is O=c1[nH]ncc2c1S(=O)(=O)c1ccccc1N2CC[N+]1([O-])CCOCC1. The number of nitrogens with zero attached hydrogens (tertiary/aromatic N) is 3. The molecule has 0 amide bonds. The lowest BCUT2D eigenvalue weighted by atomic mass is 10.2. The zero-order valence-corrected chi connectivity index (χ0v) is 14.7. The maximum Gasteiger partial charge on any atom is 0.285 e. The highest BCUT2D eigenvalue weighted by Gasteiger charge is 2.37. The van der Waals surface area contributed by atoms with Crippen molar-refractivity contribution >= 4 is 21.2 Å². The number of quaternary nitrogens is 1. The molecular weight excluding hydrogens is 360 g/mol. The molecule has 1 aromatic heterocycles. The first-order valence-corrected chi connectivity index (χ1v) is 9.75. The van der Waals surface area contributed by atoms with Crippen molar-refractivity contribution in [3.8, 4) is 0 Å². The van der Waals surface area contributed by atoms with Crippen molar-refractivity contribution in [3.05, 3.63) is 46.0 Å². The minimum Gasteiger partial charge on any atom is -0.633 e. The van der Waals surface area contributed by atoms with E-state index in [2.05, 4.69) is 10.2 Å². The number of morpholine rings is 1. The van der Waals surface area contributed by atoms with Crippen molar-refractivity contribution in [2.45, 2.75) is 9.79 Å². The van der Waals surface area contributed by atoms with Crippen molar-refractivity contribution in [1.29, 1.82) is 0 Å². The van der Waals surface area contributed by atoms with Crippen LogP contribution < -0.4 is 10.5 Å². The van der Waals surface area contributed by atoms with Crippen LogP contribution >= 0.6 is 0 Å². The minimum absolute atomic E-state index is 0.0589. The Morgan fingerprint density at radius 3 is 2.73 bits per heavy atom. The van der Waals surface area contributed by atoms with Crippen molar-refractivity contribution in [3.63, 3.8) is 0 Å². The lowest BCUT2D eigenvalue weighted by Gasteiger charge is -2.46. The van der Waals surface area contributed by atoms with Gasteiger partial charge in [0, 0.05) is 0 Å². The van der Waals surface area contributed by atoms with Gasteiger partial charge in [0.1, 0.15) is 13.1 Å². The third kappa shape index (κ3) is 2.71. The fourth-order valence-electron chi connectivity index (χ4n) is 3.40. The molecule has 1 fully saturated rings. The Hall–Kier alpha value is -2.27. The Kier molecular flexibility index (Phi) is 4.07. The fraction of sp³-hybridized carbons (Fsp3) is 0.375. The molecule has 10 heteroatoms. The summed E-state index contributed by atoms with van der Waals surface area (Å²) in [5.74, 6) is 0. The minimum atomic E-state index is -3.95. The molecule has 0 spiro atoms. The molecule has 2 aliphatic rings. The molecule has 2 aliphatic heterocycles. The third-order valence-electron chi connectivity index (χ3n) is 4.81. The summed E-state index contributed by atoms with van der Waals surface area (Å²) in [7, 11) is -3.95. The van der Waals surface area contributed by atoms with E-state index < -0.39 is 20.0 Å². The molecule has 138 valence electrons. The quantitative estimate of drug-likeness (QED) is 0.607. The Labute approximate surface area is 149 Å². The van der Waals surface area contributed by atoms with E-state index in [-0.39, 0.29) is 28.6 Å². The van der Waals surface area contributed by atoms with Crippen molar-refractivity contribution < 1.29 is 17.8 Å². The topological polar surface area (TPSA) is 115 Å². The molecule has 0 unspecified atom stereocenters. The van der Waals surface area contributed by atoms with Gasteiger partial charge in [-0.3, -0.25) is 4.79 Å². The van der Waals surface area contributed by atoms with Crippen molar-refractivity contribution in [1.82, 2.24) is 10.2 Å². The van der Waals surface area contributed by atoms with E-state index in [1.165, 1.54) is 12.3 Å². The van der Waals surface area contributed by atoms with Crippen LogP contribution in [0.4, 0.5) is 11.4 Å². The number of rotatable bonds is 3. The number of sulfone groups is 1. The molecule has 9 nitrogen and oxygen atoms in total. The maximum absolute atomic E-state index is 12.9. The van der Waals surface area contributed by atoms with Crippen LogP contribution in [-0.4, -0.2) is 62.7 Å². The number of hydrogen-bond donors (Lipinski definition) is 1. The van der Waals surface area contributed by atoms with E-state index >= 15 is 0 Å². The molecule has 4 rings (SSSR count). The number of fused-ring (bicyclic) bond motifs is 2. The number of nitrogens with one attached hydrogen (secondary N) is 1. The zero-order chi connectivity index (χ0) is 18.4. The van der Waals surface area contributed by atoms with E-state index in [0.29, 0.717) is 32.0 Å². The Balaban J connectivity index is 1.78. The molecule has 1 saturated heterocycles. The van der Waals surface area contributed by atoms with Crippen LogP contribution in [0.1, 0.15) is 0 Å². The summed E-state index contributed by atoms with van der Waals surface area (Å²) >= 11 is 0. The van der Waals surface area contributed by atoms with Crippen molar-refractivity contribution in [2.75, 3.05) is 44.3 Å². The van der Waals surface area contributed by atoms with Gasteiger partial charge in [0.15, 0.2) is 4.90 Å². The summed E-state index contributed by atoms with van der Waals surface area (Å²) < 4.78 is 30.6. The van der Waals surface area contributed by atoms with Gasteiger partial charge in [-0.2, -0.15) is 5.10 Å². The van der Waals surface area contributed by atoms with Gasteiger partial charge in [0.05, 0.1) is 48.8 Å². The number of benzene rings is 1. The molecule has 0 radical (unpaired) electrons. The van der Waals surface area contributed by atoms with E-state index in [4.69, 9.17) is 4.74 Å². The first-order chi connectivity index (χ1) is 12.4. The van der Waals surface area contributed by atoms with Gasteiger partial charge >= 0.3 is 0 Å². The highest BCUT2D eigenvalue weighted by Crippen LogP contribution is 2.41. The van der Waals surface area contributed by atoms with Gasteiger partial charge in [-0.1, -0.05) is 12.1 Å². The number of anilines is 2. The smallest absolute Gasteiger partial charge is 0.285 e. The standard InChI is InChI=1S/C16H18N4O5S/c21-16-15-13(11-17-18-16)19(5-6-20(22)7-9-25-10-8-20)12-3-1-2-4-14(12)26(15,23)24/h1-4,11H,5-10H2,(H,18,21). The zero-order valence-electron chi connectivity index (χ0n) is 13.9. The van der Waals surface area contributed by atoms with Crippen LogP contribution in [0.3, 0.4) is 0 Å². The second-order valence-corrected chi connectivity index (χ2v) is 8.23. The highest BCUT2D eigenvalue weighted by molar-refractivity contribution is 7.92. The van der Waals surface area contributed by atoms with Crippen LogP contribution in [0.2, 0.25) is 0 Å². The summed E-state index contributed by atoms with van der Waals surface area (Å²) in [5, 5.41) is 18.7. The summed E-state index contributed by atoms with van der Waals surface area (Å²) in [4.78, 5) is 13.6. The number of hydrogen-bond acceptors (Lipinski definition) is 7. The van der Waals surface area contributed by atoms with E-state index in [0.717, 1.165) is 0 Å². The number of aromatic nitrogens is 2. The van der Waals surface area contributed by atoms with Gasteiger partial charge in [-0.05, 0) is 12.1 Å². The Morgan fingerprint density at radius 1 is 1.23 bits per heavy atom. The molecule has 0 atom stereocenters. The number of aromatic amines is 1. The third-order valence-corrected chi connectivity index (χ3v) is 6.67. The van der Waals surface area contributed by atoms with E-state index in [9.17, 15) is 18.4 Å². The van der Waals surface area contributed by atoms with Crippen LogP contribution in [0.5, 0.6) is 0 Å². The molecule has 2 aromatic rings. The maximum atomic E-state index is 12.9. The monoisotopic (exact) mass is 378 g/mol. The summed E-state index contributed by atoms with van der Waals surface area (Å²) in [5.41, 5.74) is -0.112. The van der Waals surface area contributed by atoms with Crippen LogP contribution in [0.15, 0.2) is 45.0 Å². The molecule has 3 heterocycles. The van der Waals surface area contributed by atoms with E-state index in [1.54, 1.807) is 23.1 Å². The first kappa shape index (κ1) is 17.2. The molecule has 0 saturated carbocycles. The Morgan fingerprint density at radius 2 is 1.96 bits per heavy atom. The van der Waals surface area contributed by atoms with Crippen LogP contribution in [0, 0.1) is 5.21 Å². The van der Waals surface area contributed by atoms with E-state index in [1.807, 2.05) is 0 Å². The molecule has 26 heavy (non-hydrogen) atoms. The average Bonchev–Trinajstić information content (AvgIpc) is 2.62. The fourth-order valence-corrected chi connectivity index (χ4v) is 5.06. The van der Waals surface area contributed by atoms with Gasteiger partial charge in [-0.25, -0.2) is 13.5 Å². The van der Waals surface area contributed by atoms with Crippen LogP contribution in [0.25, 0.3) is 0 Å². The Bertz CT molecular complexity index is 998. The number of ether oxygens (including phenoxy) is 1. The molecule has 0 bridgehead atoms. The first-order valence-electron chi connectivity index (χ1n) is 8.27. The van der Waals surface area contributed by atoms with Gasteiger partial charge in [-0.15, -0.1) is 0 Å². The molecule has 1 N–H and O–H groups in total. The predicted molar refractivity (Wildman–Crippen MR) is 92.8 cm³/mol. The summed E-state index contributed by atoms with van der Waals surface area (Å²) in [6.07, 6.45) is 1.32. The number of H-pyrrole nitrogens is 1. The van der Waals surface area contributed by atoms with Gasteiger partial charge < -0.3 is 19.5 Å². The largest absolute Gasteiger partial charge is 0.633 e. The average molecular weight is 378 g/mol. The molecule has 1 aromatic carbocycles. The van der Waals surface area contributed by atoms with Gasteiger partial charge in [0.2, 0.25) is 9.84 Å². The van der Waals surface area contributed by atoms with Gasteiger partial charge in [0.25, 0.3) is 5.56 Å². The highest BCUT2D eigenvalue weighted by atomic mass is 32.2. The second kappa shape index (κ2) is 6.16. The normalized spacial score (nSPS) is 20.3. The second-order valence-electron chi connectivity index (χ2n) is 6.38. The predicted octanol–water partition coefficient (Wildman–Crippen LogP) is 0.399. The van der Waals surface area contributed by atoms with Crippen molar-refractivity contribution in [2.24, 2.45) is 0 Å². The number of hydroxylamine groups is 3. The number of para-hydroxylation sites is 1. The summed E-state index contributed by atoms with van der Waals surface area (Å²) in [6.45, 7) is 2.05. The lowest BCUT2D eigenvalue weighted by Crippen LogP contribution is -2.53. The lowest BCUT2D eigenvalue weighted by molar-refractivity contribution is -0.887. The van der Waals surface area contributed by atoms with Crippen LogP contribution in [-0.2, 0) is 14.6 Å². The molecular formula is C16H18N4O5S. The molecule has 0 aliphatic carbocycles.